The van der Waals surface area contributed by atoms with Crippen molar-refractivity contribution in [1.82, 2.24) is 5.32 Å². The number of rotatable bonds is 6. The number of hydrogen-bond acceptors (Lipinski definition) is 3. The first-order valence-corrected chi connectivity index (χ1v) is 8.25. The smallest absolute Gasteiger partial charge is 0.0815 e. The lowest BCUT2D eigenvalue weighted by molar-refractivity contribution is -0.0628. The van der Waals surface area contributed by atoms with Gasteiger partial charge in [-0.05, 0) is 30.5 Å². The SMILES string of the molecule is CCC(Cc1ccc(Cl)cc1Cl)NCC1(O)CCOCC1. The molecule has 21 heavy (non-hydrogen) atoms. The standard InChI is InChI=1S/C16H23Cl2NO2/c1-2-14(9-12-3-4-13(17)10-15(12)18)19-11-16(20)5-7-21-8-6-16/h3-4,10,14,19-20H,2,5-9,11H2,1H3. The first-order valence-electron chi connectivity index (χ1n) is 7.50. The molecule has 1 aromatic carbocycles. The van der Waals surface area contributed by atoms with E-state index >= 15 is 0 Å². The van der Waals surface area contributed by atoms with Gasteiger partial charge in [0.2, 0.25) is 0 Å². The molecule has 0 bridgehead atoms. The minimum Gasteiger partial charge on any atom is -0.388 e. The minimum absolute atomic E-state index is 0.288. The van der Waals surface area contributed by atoms with Crippen LogP contribution in [0.1, 0.15) is 31.7 Å². The summed E-state index contributed by atoms with van der Waals surface area (Å²) in [4.78, 5) is 0. The molecular formula is C16H23Cl2NO2. The highest BCUT2D eigenvalue weighted by Crippen LogP contribution is 2.23. The molecule has 3 nitrogen and oxygen atoms in total. The highest BCUT2D eigenvalue weighted by Gasteiger charge is 2.30. The van der Waals surface area contributed by atoms with Crippen LogP contribution in [-0.2, 0) is 11.2 Å². The molecule has 2 N–H and O–H groups in total. The largest absolute Gasteiger partial charge is 0.388 e. The van der Waals surface area contributed by atoms with Crippen LogP contribution in [0, 0.1) is 0 Å². The first-order chi connectivity index (χ1) is 10.0. The maximum atomic E-state index is 10.5. The van der Waals surface area contributed by atoms with Gasteiger partial charge in [-0.3, -0.25) is 0 Å². The maximum absolute atomic E-state index is 10.5. The molecule has 1 saturated heterocycles. The summed E-state index contributed by atoms with van der Waals surface area (Å²) in [5, 5.41) is 15.3. The number of hydrogen-bond donors (Lipinski definition) is 2. The van der Waals surface area contributed by atoms with E-state index in [2.05, 4.69) is 12.2 Å². The number of nitrogens with one attached hydrogen (secondary N) is 1. The fourth-order valence-corrected chi connectivity index (χ4v) is 3.06. The van der Waals surface area contributed by atoms with E-state index in [1.165, 1.54) is 0 Å². The lowest BCUT2D eigenvalue weighted by Gasteiger charge is -2.33. The van der Waals surface area contributed by atoms with Crippen molar-refractivity contribution in [3.8, 4) is 0 Å². The first kappa shape index (κ1) is 17.0. The van der Waals surface area contributed by atoms with Gasteiger partial charge in [-0.2, -0.15) is 0 Å². The fourth-order valence-electron chi connectivity index (χ4n) is 2.58. The van der Waals surface area contributed by atoms with Gasteiger partial charge in [0, 0.05) is 48.7 Å². The van der Waals surface area contributed by atoms with Gasteiger partial charge in [0.1, 0.15) is 0 Å². The lowest BCUT2D eigenvalue weighted by atomic mass is 9.93. The van der Waals surface area contributed by atoms with Gasteiger partial charge in [0.15, 0.2) is 0 Å². The van der Waals surface area contributed by atoms with Gasteiger partial charge in [0.05, 0.1) is 5.60 Å². The predicted molar refractivity (Wildman–Crippen MR) is 87.3 cm³/mol. The molecule has 5 heteroatoms. The molecule has 1 atom stereocenters. The second-order valence-corrected chi connectivity index (χ2v) is 6.61. The normalized spacial score (nSPS) is 19.4. The summed E-state index contributed by atoms with van der Waals surface area (Å²) >= 11 is 12.2. The van der Waals surface area contributed by atoms with E-state index in [4.69, 9.17) is 27.9 Å². The van der Waals surface area contributed by atoms with Crippen LogP contribution in [0.5, 0.6) is 0 Å². The van der Waals surface area contributed by atoms with Crippen molar-refractivity contribution >= 4 is 23.2 Å². The van der Waals surface area contributed by atoms with Crippen molar-refractivity contribution in [2.24, 2.45) is 0 Å². The number of aliphatic hydroxyl groups is 1. The van der Waals surface area contributed by atoms with Gasteiger partial charge < -0.3 is 15.2 Å². The van der Waals surface area contributed by atoms with Crippen LogP contribution >= 0.6 is 23.2 Å². The van der Waals surface area contributed by atoms with Crippen molar-refractivity contribution in [2.75, 3.05) is 19.8 Å². The van der Waals surface area contributed by atoms with Gasteiger partial charge >= 0.3 is 0 Å². The van der Waals surface area contributed by atoms with Crippen LogP contribution in [0.15, 0.2) is 18.2 Å². The Labute approximate surface area is 136 Å². The monoisotopic (exact) mass is 331 g/mol. The number of benzene rings is 1. The van der Waals surface area contributed by atoms with Crippen molar-refractivity contribution < 1.29 is 9.84 Å². The summed E-state index contributed by atoms with van der Waals surface area (Å²) in [5.74, 6) is 0. The average Bonchev–Trinajstić information content (AvgIpc) is 2.46. The van der Waals surface area contributed by atoms with Crippen molar-refractivity contribution in [2.45, 2.75) is 44.2 Å². The van der Waals surface area contributed by atoms with Gasteiger partial charge in [-0.15, -0.1) is 0 Å². The summed E-state index contributed by atoms with van der Waals surface area (Å²) in [6, 6.07) is 5.90. The third-order valence-corrected chi connectivity index (χ3v) is 4.70. The van der Waals surface area contributed by atoms with E-state index in [-0.39, 0.29) is 6.04 Å². The van der Waals surface area contributed by atoms with Crippen LogP contribution in [-0.4, -0.2) is 36.5 Å². The Bertz CT molecular complexity index is 462. The molecule has 1 unspecified atom stereocenters. The maximum Gasteiger partial charge on any atom is 0.0815 e. The molecule has 118 valence electrons. The van der Waals surface area contributed by atoms with Crippen LogP contribution in [0.25, 0.3) is 0 Å². The molecule has 0 amide bonds. The van der Waals surface area contributed by atoms with Crippen molar-refractivity contribution in [3.05, 3.63) is 33.8 Å². The third-order valence-electron chi connectivity index (χ3n) is 4.12. The Kier molecular flexibility index (Phi) is 6.33. The Morgan fingerprint density at radius 3 is 2.67 bits per heavy atom. The van der Waals surface area contributed by atoms with Crippen molar-refractivity contribution in [3.63, 3.8) is 0 Å². The quantitative estimate of drug-likeness (QED) is 0.838. The number of halogens is 2. The van der Waals surface area contributed by atoms with E-state index in [1.807, 2.05) is 12.1 Å². The molecule has 0 aliphatic carbocycles. The van der Waals surface area contributed by atoms with E-state index in [9.17, 15) is 5.11 Å². The molecule has 0 saturated carbocycles. The molecular weight excluding hydrogens is 309 g/mol. The summed E-state index contributed by atoms with van der Waals surface area (Å²) in [6.45, 7) is 4.01. The molecule has 1 aliphatic heterocycles. The molecule has 0 aromatic heterocycles. The Balaban J connectivity index is 1.90. The molecule has 1 heterocycles. The summed E-state index contributed by atoms with van der Waals surface area (Å²) < 4.78 is 5.30. The fraction of sp³-hybridized carbons (Fsp3) is 0.625. The van der Waals surface area contributed by atoms with Crippen LogP contribution in [0.2, 0.25) is 10.0 Å². The van der Waals surface area contributed by atoms with Crippen LogP contribution in [0.4, 0.5) is 0 Å². The summed E-state index contributed by atoms with van der Waals surface area (Å²) in [5.41, 5.74) is 0.439. The predicted octanol–water partition coefficient (Wildman–Crippen LogP) is 3.45. The molecule has 2 rings (SSSR count). The number of ether oxygens (including phenoxy) is 1. The average molecular weight is 332 g/mol. The zero-order valence-corrected chi connectivity index (χ0v) is 13.9. The topological polar surface area (TPSA) is 41.5 Å². The van der Waals surface area contributed by atoms with E-state index < -0.39 is 5.60 Å². The summed E-state index contributed by atoms with van der Waals surface area (Å²) in [6.07, 6.45) is 3.20. The van der Waals surface area contributed by atoms with Crippen LogP contribution in [0.3, 0.4) is 0 Å². The summed E-state index contributed by atoms with van der Waals surface area (Å²) in [7, 11) is 0. The highest BCUT2D eigenvalue weighted by molar-refractivity contribution is 6.35. The Hall–Kier alpha value is -0.320. The van der Waals surface area contributed by atoms with Crippen molar-refractivity contribution in [1.29, 1.82) is 0 Å². The molecule has 1 aliphatic rings. The van der Waals surface area contributed by atoms with Crippen LogP contribution < -0.4 is 5.32 Å². The molecule has 0 radical (unpaired) electrons. The second kappa shape index (κ2) is 7.80. The van der Waals surface area contributed by atoms with Gasteiger partial charge in [0.25, 0.3) is 0 Å². The zero-order chi connectivity index (χ0) is 15.3. The molecule has 1 aromatic rings. The lowest BCUT2D eigenvalue weighted by Crippen LogP contribution is -2.48. The zero-order valence-electron chi connectivity index (χ0n) is 12.4. The highest BCUT2D eigenvalue weighted by atomic mass is 35.5. The van der Waals surface area contributed by atoms with Gasteiger partial charge in [-0.1, -0.05) is 36.2 Å². The Morgan fingerprint density at radius 2 is 2.05 bits per heavy atom. The second-order valence-electron chi connectivity index (χ2n) is 5.76. The molecule has 0 spiro atoms. The van der Waals surface area contributed by atoms with Gasteiger partial charge in [-0.25, -0.2) is 0 Å². The van der Waals surface area contributed by atoms with E-state index in [0.29, 0.717) is 42.6 Å². The molecule has 1 fully saturated rings. The Morgan fingerprint density at radius 1 is 1.33 bits per heavy atom. The minimum atomic E-state index is -0.643. The third kappa shape index (κ3) is 5.11. The van der Waals surface area contributed by atoms with E-state index in [1.54, 1.807) is 6.07 Å². The van der Waals surface area contributed by atoms with E-state index in [0.717, 1.165) is 18.4 Å².